The maximum absolute atomic E-state index is 12.8. The molecule has 0 radical (unpaired) electrons. The zero-order valence-corrected chi connectivity index (χ0v) is 18.9. The van der Waals surface area contributed by atoms with Gasteiger partial charge in [0.05, 0.1) is 25.0 Å². The fourth-order valence-corrected chi connectivity index (χ4v) is 3.28. The van der Waals surface area contributed by atoms with Gasteiger partial charge in [0.2, 0.25) is 5.91 Å². The molecule has 0 bridgehead atoms. The Morgan fingerprint density at radius 2 is 1.76 bits per heavy atom. The molecule has 9 nitrogen and oxygen atoms in total. The standard InChI is InChI=1S/C24H27N5O4/c1-4-33-24(32)20-14-26-29(19-8-6-5-7-9-19)22(20)27-21(30)16-28(3)15-17-10-12-18(13-11-17)23(31)25-2/h5-14H,4,15-16H2,1-3H3,(H,25,31)(H,27,30). The molecule has 0 fully saturated rings. The number of carbonyl (C=O) groups is 3. The lowest BCUT2D eigenvalue weighted by molar-refractivity contribution is -0.117. The average molecular weight is 450 g/mol. The van der Waals surface area contributed by atoms with Gasteiger partial charge in [-0.3, -0.25) is 14.5 Å². The Bertz CT molecular complexity index is 1110. The molecule has 172 valence electrons. The highest BCUT2D eigenvalue weighted by atomic mass is 16.5. The SMILES string of the molecule is CCOC(=O)c1cnn(-c2ccccc2)c1NC(=O)CN(C)Cc1ccc(C(=O)NC)cc1. The minimum atomic E-state index is -0.556. The summed E-state index contributed by atoms with van der Waals surface area (Å²) in [7, 11) is 3.40. The monoisotopic (exact) mass is 449 g/mol. The summed E-state index contributed by atoms with van der Waals surface area (Å²) >= 11 is 0. The van der Waals surface area contributed by atoms with Crippen LogP contribution in [-0.4, -0.2) is 59.7 Å². The lowest BCUT2D eigenvalue weighted by Gasteiger charge is -2.17. The first kappa shape index (κ1) is 23.7. The highest BCUT2D eigenvalue weighted by molar-refractivity contribution is 6.01. The van der Waals surface area contributed by atoms with Gasteiger partial charge in [-0.25, -0.2) is 9.48 Å². The lowest BCUT2D eigenvalue weighted by Crippen LogP contribution is -2.31. The number of esters is 1. The van der Waals surface area contributed by atoms with Crippen molar-refractivity contribution in [2.45, 2.75) is 13.5 Å². The number of hydrogen-bond donors (Lipinski definition) is 2. The van der Waals surface area contributed by atoms with Crippen LogP contribution in [0.4, 0.5) is 5.82 Å². The Kier molecular flexibility index (Phi) is 7.93. The van der Waals surface area contributed by atoms with Gasteiger partial charge in [0.25, 0.3) is 5.91 Å². The summed E-state index contributed by atoms with van der Waals surface area (Å²) in [6, 6.07) is 16.4. The zero-order chi connectivity index (χ0) is 23.8. The quantitative estimate of drug-likeness (QED) is 0.486. The van der Waals surface area contributed by atoms with E-state index in [0.29, 0.717) is 17.8 Å². The summed E-state index contributed by atoms with van der Waals surface area (Å²) in [5, 5.41) is 9.67. The third-order valence-electron chi connectivity index (χ3n) is 4.83. The van der Waals surface area contributed by atoms with E-state index in [2.05, 4.69) is 15.7 Å². The minimum absolute atomic E-state index is 0.0828. The number of para-hydroxylation sites is 1. The molecule has 0 aliphatic rings. The second-order valence-corrected chi connectivity index (χ2v) is 7.37. The summed E-state index contributed by atoms with van der Waals surface area (Å²) in [5.41, 5.74) is 2.41. The Hall–Kier alpha value is -3.98. The molecule has 0 spiro atoms. The molecule has 3 aromatic rings. The van der Waals surface area contributed by atoms with Crippen LogP contribution in [0.3, 0.4) is 0 Å². The molecule has 2 N–H and O–H groups in total. The Balaban J connectivity index is 1.71. The van der Waals surface area contributed by atoms with E-state index in [9.17, 15) is 14.4 Å². The molecule has 9 heteroatoms. The normalized spacial score (nSPS) is 10.7. The highest BCUT2D eigenvalue weighted by Gasteiger charge is 2.22. The molecule has 0 atom stereocenters. The number of benzene rings is 2. The fraction of sp³-hybridized carbons (Fsp3) is 0.250. The van der Waals surface area contributed by atoms with Crippen LogP contribution in [0.2, 0.25) is 0 Å². The molecule has 2 amide bonds. The third kappa shape index (κ3) is 6.05. The van der Waals surface area contributed by atoms with Gasteiger partial charge in [-0.15, -0.1) is 0 Å². The van der Waals surface area contributed by atoms with E-state index in [1.807, 2.05) is 54.4 Å². The third-order valence-corrected chi connectivity index (χ3v) is 4.83. The van der Waals surface area contributed by atoms with Gasteiger partial charge in [0.15, 0.2) is 5.82 Å². The maximum Gasteiger partial charge on any atom is 0.343 e. The van der Waals surface area contributed by atoms with Gasteiger partial charge in [-0.2, -0.15) is 5.10 Å². The fourth-order valence-electron chi connectivity index (χ4n) is 3.28. The Labute approximate surface area is 192 Å². The van der Waals surface area contributed by atoms with Gasteiger partial charge >= 0.3 is 5.97 Å². The van der Waals surface area contributed by atoms with Crippen molar-refractivity contribution >= 4 is 23.6 Å². The molecule has 0 saturated heterocycles. The summed E-state index contributed by atoms with van der Waals surface area (Å²) in [5.74, 6) is -0.753. The van der Waals surface area contributed by atoms with Gasteiger partial charge < -0.3 is 15.4 Å². The number of ether oxygens (including phenoxy) is 1. The second-order valence-electron chi connectivity index (χ2n) is 7.37. The van der Waals surface area contributed by atoms with E-state index in [1.165, 1.54) is 10.9 Å². The van der Waals surface area contributed by atoms with E-state index < -0.39 is 5.97 Å². The largest absolute Gasteiger partial charge is 0.462 e. The van der Waals surface area contributed by atoms with E-state index in [0.717, 1.165) is 5.56 Å². The van der Waals surface area contributed by atoms with Crippen molar-refractivity contribution < 1.29 is 19.1 Å². The molecule has 1 heterocycles. The molecular weight excluding hydrogens is 422 g/mol. The number of nitrogens with one attached hydrogen (secondary N) is 2. The van der Waals surface area contributed by atoms with Crippen LogP contribution in [-0.2, 0) is 16.1 Å². The molecule has 33 heavy (non-hydrogen) atoms. The van der Waals surface area contributed by atoms with E-state index in [-0.39, 0.29) is 36.3 Å². The van der Waals surface area contributed by atoms with E-state index in [1.54, 1.807) is 26.1 Å². The first-order valence-electron chi connectivity index (χ1n) is 10.5. The molecule has 0 unspecified atom stereocenters. The Morgan fingerprint density at radius 1 is 1.06 bits per heavy atom. The summed E-state index contributed by atoms with van der Waals surface area (Å²) in [6.45, 7) is 2.52. The molecular formula is C24H27N5O4. The summed E-state index contributed by atoms with van der Waals surface area (Å²) < 4.78 is 6.61. The maximum atomic E-state index is 12.8. The molecule has 3 rings (SSSR count). The number of hydrogen-bond acceptors (Lipinski definition) is 6. The van der Waals surface area contributed by atoms with Crippen molar-refractivity contribution in [2.24, 2.45) is 0 Å². The predicted molar refractivity (Wildman–Crippen MR) is 124 cm³/mol. The van der Waals surface area contributed by atoms with Crippen molar-refractivity contribution in [3.63, 3.8) is 0 Å². The second kappa shape index (κ2) is 11.1. The topological polar surface area (TPSA) is 106 Å². The zero-order valence-electron chi connectivity index (χ0n) is 18.9. The number of anilines is 1. The van der Waals surface area contributed by atoms with Crippen molar-refractivity contribution in [3.8, 4) is 5.69 Å². The lowest BCUT2D eigenvalue weighted by atomic mass is 10.1. The van der Waals surface area contributed by atoms with Gasteiger partial charge in [-0.1, -0.05) is 30.3 Å². The van der Waals surface area contributed by atoms with Crippen LogP contribution < -0.4 is 10.6 Å². The molecule has 0 aliphatic carbocycles. The number of nitrogens with zero attached hydrogens (tertiary/aromatic N) is 3. The minimum Gasteiger partial charge on any atom is -0.462 e. The van der Waals surface area contributed by atoms with Crippen LogP contribution >= 0.6 is 0 Å². The molecule has 0 aliphatic heterocycles. The van der Waals surface area contributed by atoms with Crippen LogP contribution in [0.1, 0.15) is 33.2 Å². The number of rotatable bonds is 9. The highest BCUT2D eigenvalue weighted by Crippen LogP contribution is 2.21. The van der Waals surface area contributed by atoms with Crippen LogP contribution in [0, 0.1) is 0 Å². The van der Waals surface area contributed by atoms with E-state index in [4.69, 9.17) is 4.74 Å². The summed E-state index contributed by atoms with van der Waals surface area (Å²) in [6.07, 6.45) is 1.39. The number of amides is 2. The van der Waals surface area contributed by atoms with Crippen molar-refractivity contribution in [2.75, 3.05) is 32.6 Å². The predicted octanol–water partition coefficient (Wildman–Crippen LogP) is 2.48. The van der Waals surface area contributed by atoms with Crippen molar-refractivity contribution in [1.29, 1.82) is 0 Å². The molecule has 1 aromatic heterocycles. The van der Waals surface area contributed by atoms with E-state index >= 15 is 0 Å². The summed E-state index contributed by atoms with van der Waals surface area (Å²) in [4.78, 5) is 38.7. The number of carbonyl (C=O) groups excluding carboxylic acids is 3. The van der Waals surface area contributed by atoms with Crippen LogP contribution in [0.5, 0.6) is 0 Å². The molecule has 2 aromatic carbocycles. The smallest absolute Gasteiger partial charge is 0.343 e. The number of aromatic nitrogens is 2. The van der Waals surface area contributed by atoms with Crippen LogP contribution in [0.25, 0.3) is 5.69 Å². The van der Waals surface area contributed by atoms with Gasteiger partial charge in [-0.05, 0) is 43.8 Å². The molecule has 0 saturated carbocycles. The van der Waals surface area contributed by atoms with Crippen molar-refractivity contribution in [3.05, 3.63) is 77.5 Å². The van der Waals surface area contributed by atoms with Crippen molar-refractivity contribution in [1.82, 2.24) is 20.0 Å². The van der Waals surface area contributed by atoms with Crippen LogP contribution in [0.15, 0.2) is 60.8 Å². The Morgan fingerprint density at radius 3 is 2.39 bits per heavy atom. The average Bonchev–Trinajstić information content (AvgIpc) is 3.23. The first-order valence-corrected chi connectivity index (χ1v) is 10.5. The number of likely N-dealkylation sites (N-methyl/N-ethyl adjacent to an activating group) is 1. The van der Waals surface area contributed by atoms with Gasteiger partial charge in [0.1, 0.15) is 5.56 Å². The van der Waals surface area contributed by atoms with Gasteiger partial charge in [0, 0.05) is 19.2 Å². The first-order chi connectivity index (χ1) is 15.9.